The van der Waals surface area contributed by atoms with Gasteiger partial charge in [-0.1, -0.05) is 39.0 Å². The first-order valence-corrected chi connectivity index (χ1v) is 7.54. The van der Waals surface area contributed by atoms with E-state index in [-0.39, 0.29) is 5.97 Å². The van der Waals surface area contributed by atoms with Gasteiger partial charge < -0.3 is 9.47 Å². The summed E-state index contributed by atoms with van der Waals surface area (Å²) in [5, 5.41) is 0. The fourth-order valence-electron chi connectivity index (χ4n) is 1.76. The van der Waals surface area contributed by atoms with Crippen molar-refractivity contribution in [3.63, 3.8) is 0 Å². The average Bonchev–Trinajstić information content (AvgIpc) is 2.38. The molecule has 0 aromatic heterocycles. The smallest absolute Gasteiger partial charge is 0.305 e. The van der Waals surface area contributed by atoms with Crippen molar-refractivity contribution in [1.82, 2.24) is 0 Å². The molecule has 0 saturated heterocycles. The molecule has 0 spiro atoms. The third kappa shape index (κ3) is 13.5. The van der Waals surface area contributed by atoms with E-state index in [0.717, 1.165) is 38.9 Å². The first kappa shape index (κ1) is 17.4. The Kier molecular flexibility index (Phi) is 14.0. The van der Waals surface area contributed by atoms with Crippen molar-refractivity contribution in [3.8, 4) is 0 Å². The summed E-state index contributed by atoms with van der Waals surface area (Å²) >= 11 is 0. The van der Waals surface area contributed by atoms with Crippen LogP contribution in [0.4, 0.5) is 0 Å². The van der Waals surface area contributed by atoms with E-state index in [1.54, 1.807) is 0 Å². The number of esters is 1. The van der Waals surface area contributed by atoms with Gasteiger partial charge in [0.2, 0.25) is 0 Å². The van der Waals surface area contributed by atoms with E-state index in [0.29, 0.717) is 13.0 Å². The van der Waals surface area contributed by atoms with Crippen LogP contribution >= 0.6 is 0 Å². The Bertz CT molecular complexity index is 163. The Morgan fingerprint density at radius 1 is 0.833 bits per heavy atom. The zero-order chi connectivity index (χ0) is 13.5. The van der Waals surface area contributed by atoms with Gasteiger partial charge in [0.25, 0.3) is 0 Å². The standard InChI is InChI=1S/C15H30O3/c1-3-5-6-7-11-14-18-15(16)12-9-8-10-13-17-4-2/h3-14H2,1-2H3. The number of unbranched alkanes of at least 4 members (excludes halogenated alkanes) is 6. The molecule has 0 rings (SSSR count). The second-order valence-corrected chi connectivity index (χ2v) is 4.64. The molecule has 0 unspecified atom stereocenters. The molecule has 0 radical (unpaired) electrons. The van der Waals surface area contributed by atoms with Crippen molar-refractivity contribution in [2.75, 3.05) is 19.8 Å². The van der Waals surface area contributed by atoms with Crippen molar-refractivity contribution < 1.29 is 14.3 Å². The first-order valence-electron chi connectivity index (χ1n) is 7.54. The van der Waals surface area contributed by atoms with E-state index in [9.17, 15) is 4.79 Å². The molecule has 0 saturated carbocycles. The van der Waals surface area contributed by atoms with E-state index in [1.165, 1.54) is 25.7 Å². The summed E-state index contributed by atoms with van der Waals surface area (Å²) in [5.74, 6) is -0.0399. The number of carbonyl (C=O) groups is 1. The molecule has 18 heavy (non-hydrogen) atoms. The summed E-state index contributed by atoms with van der Waals surface area (Å²) in [4.78, 5) is 11.4. The van der Waals surface area contributed by atoms with Crippen molar-refractivity contribution in [2.45, 2.75) is 71.6 Å². The number of rotatable bonds is 13. The van der Waals surface area contributed by atoms with E-state index in [1.807, 2.05) is 6.92 Å². The van der Waals surface area contributed by atoms with Crippen LogP contribution in [0.25, 0.3) is 0 Å². The minimum atomic E-state index is -0.0399. The maximum atomic E-state index is 11.4. The number of ether oxygens (including phenoxy) is 2. The SMILES string of the molecule is CCCCCCCOC(=O)CCCCCOCC. The van der Waals surface area contributed by atoms with Crippen LogP contribution in [0.2, 0.25) is 0 Å². The molecule has 0 heterocycles. The fraction of sp³-hybridized carbons (Fsp3) is 0.933. The summed E-state index contributed by atoms with van der Waals surface area (Å²) in [7, 11) is 0. The summed E-state index contributed by atoms with van der Waals surface area (Å²) in [6.07, 6.45) is 9.54. The van der Waals surface area contributed by atoms with Gasteiger partial charge in [0, 0.05) is 19.6 Å². The molecule has 0 amide bonds. The van der Waals surface area contributed by atoms with Gasteiger partial charge >= 0.3 is 5.97 Å². The summed E-state index contributed by atoms with van der Waals surface area (Å²) in [6.45, 7) is 6.38. The highest BCUT2D eigenvalue weighted by molar-refractivity contribution is 5.69. The summed E-state index contributed by atoms with van der Waals surface area (Å²) in [5.41, 5.74) is 0. The molecule has 0 fully saturated rings. The van der Waals surface area contributed by atoms with Gasteiger partial charge in [-0.2, -0.15) is 0 Å². The summed E-state index contributed by atoms with van der Waals surface area (Å²) in [6, 6.07) is 0. The molecule has 0 bridgehead atoms. The lowest BCUT2D eigenvalue weighted by atomic mass is 10.2. The van der Waals surface area contributed by atoms with Crippen LogP contribution in [-0.2, 0) is 14.3 Å². The quantitative estimate of drug-likeness (QED) is 0.368. The molecule has 0 aliphatic carbocycles. The van der Waals surface area contributed by atoms with Crippen LogP contribution in [0, 0.1) is 0 Å². The largest absolute Gasteiger partial charge is 0.466 e. The van der Waals surface area contributed by atoms with Crippen LogP contribution in [0.1, 0.15) is 71.6 Å². The van der Waals surface area contributed by atoms with Crippen molar-refractivity contribution in [3.05, 3.63) is 0 Å². The second kappa shape index (κ2) is 14.5. The molecule has 3 nitrogen and oxygen atoms in total. The van der Waals surface area contributed by atoms with E-state index in [2.05, 4.69) is 6.92 Å². The monoisotopic (exact) mass is 258 g/mol. The maximum Gasteiger partial charge on any atom is 0.305 e. The van der Waals surface area contributed by atoms with Gasteiger partial charge in [-0.05, 0) is 26.2 Å². The third-order valence-electron chi connectivity index (χ3n) is 2.88. The molecule has 3 heteroatoms. The maximum absolute atomic E-state index is 11.4. The summed E-state index contributed by atoms with van der Waals surface area (Å²) < 4.78 is 10.4. The minimum absolute atomic E-state index is 0.0399. The van der Waals surface area contributed by atoms with Crippen molar-refractivity contribution in [1.29, 1.82) is 0 Å². The Labute approximate surface area is 112 Å². The zero-order valence-electron chi connectivity index (χ0n) is 12.2. The first-order chi connectivity index (χ1) is 8.81. The molecule has 0 aromatic rings. The lowest BCUT2D eigenvalue weighted by molar-refractivity contribution is -0.143. The van der Waals surface area contributed by atoms with Gasteiger partial charge in [0.15, 0.2) is 0 Å². The Morgan fingerprint density at radius 2 is 1.50 bits per heavy atom. The van der Waals surface area contributed by atoms with Gasteiger partial charge in [-0.3, -0.25) is 4.79 Å². The van der Waals surface area contributed by atoms with Gasteiger partial charge in [-0.25, -0.2) is 0 Å². The lowest BCUT2D eigenvalue weighted by Crippen LogP contribution is -2.05. The lowest BCUT2D eigenvalue weighted by Gasteiger charge is -2.05. The van der Waals surface area contributed by atoms with Crippen LogP contribution in [0.5, 0.6) is 0 Å². The highest BCUT2D eigenvalue weighted by Crippen LogP contribution is 2.05. The Morgan fingerprint density at radius 3 is 2.22 bits per heavy atom. The van der Waals surface area contributed by atoms with Gasteiger partial charge in [0.1, 0.15) is 0 Å². The van der Waals surface area contributed by atoms with Crippen LogP contribution in [0.3, 0.4) is 0 Å². The normalized spacial score (nSPS) is 10.6. The highest BCUT2D eigenvalue weighted by atomic mass is 16.5. The van der Waals surface area contributed by atoms with Crippen LogP contribution < -0.4 is 0 Å². The zero-order valence-corrected chi connectivity index (χ0v) is 12.2. The van der Waals surface area contributed by atoms with Crippen LogP contribution in [-0.4, -0.2) is 25.8 Å². The molecule has 0 aliphatic heterocycles. The average molecular weight is 258 g/mol. The molecular weight excluding hydrogens is 228 g/mol. The van der Waals surface area contributed by atoms with E-state index >= 15 is 0 Å². The van der Waals surface area contributed by atoms with Gasteiger partial charge in [-0.15, -0.1) is 0 Å². The molecule has 0 atom stereocenters. The Hall–Kier alpha value is -0.570. The predicted octanol–water partition coefficient (Wildman–Crippen LogP) is 4.10. The number of hydrogen-bond donors (Lipinski definition) is 0. The second-order valence-electron chi connectivity index (χ2n) is 4.64. The highest BCUT2D eigenvalue weighted by Gasteiger charge is 2.02. The third-order valence-corrected chi connectivity index (χ3v) is 2.88. The molecular formula is C15H30O3. The number of hydrogen-bond acceptors (Lipinski definition) is 3. The Balaban J connectivity index is 3.12. The van der Waals surface area contributed by atoms with Crippen molar-refractivity contribution >= 4 is 5.97 Å². The van der Waals surface area contributed by atoms with E-state index in [4.69, 9.17) is 9.47 Å². The minimum Gasteiger partial charge on any atom is -0.466 e. The molecule has 108 valence electrons. The molecule has 0 aromatic carbocycles. The molecule has 0 N–H and O–H groups in total. The topological polar surface area (TPSA) is 35.5 Å². The van der Waals surface area contributed by atoms with Gasteiger partial charge in [0.05, 0.1) is 6.61 Å². The predicted molar refractivity (Wildman–Crippen MR) is 74.7 cm³/mol. The fourth-order valence-corrected chi connectivity index (χ4v) is 1.76. The molecule has 0 aliphatic rings. The number of carbonyl (C=O) groups excluding carboxylic acids is 1. The van der Waals surface area contributed by atoms with Crippen LogP contribution in [0.15, 0.2) is 0 Å². The van der Waals surface area contributed by atoms with E-state index < -0.39 is 0 Å². The van der Waals surface area contributed by atoms with Crippen molar-refractivity contribution in [2.24, 2.45) is 0 Å².